The van der Waals surface area contributed by atoms with Crippen molar-refractivity contribution in [3.63, 3.8) is 0 Å². The van der Waals surface area contributed by atoms with Gasteiger partial charge in [0.05, 0.1) is 31.2 Å². The van der Waals surface area contributed by atoms with Crippen molar-refractivity contribution >= 4 is 48.4 Å². The quantitative estimate of drug-likeness (QED) is 0.407. The van der Waals surface area contributed by atoms with Crippen LogP contribution in [-0.4, -0.2) is 28.5 Å². The molecule has 4 rings (SSSR count). The molecular formula is C21H17F3N2O4S2. The molecule has 0 atom stereocenters. The molecule has 32 heavy (non-hydrogen) atoms. The molecule has 0 aliphatic heterocycles. The van der Waals surface area contributed by atoms with Crippen molar-refractivity contribution in [3.8, 4) is 0 Å². The fraction of sp³-hybridized carbons (Fsp3) is 0.238. The lowest BCUT2D eigenvalue weighted by atomic mass is 10.1. The van der Waals surface area contributed by atoms with Crippen molar-refractivity contribution in [1.82, 2.24) is 8.96 Å². The predicted octanol–water partition coefficient (Wildman–Crippen LogP) is 5.22. The van der Waals surface area contributed by atoms with Gasteiger partial charge in [-0.15, -0.1) is 11.3 Å². The first-order chi connectivity index (χ1) is 15.0. The molecule has 0 spiro atoms. The minimum Gasteiger partial charge on any atom is -0.481 e. The molecule has 0 amide bonds. The van der Waals surface area contributed by atoms with Crippen LogP contribution < -0.4 is 0 Å². The summed E-state index contributed by atoms with van der Waals surface area (Å²) < 4.78 is 68.3. The van der Waals surface area contributed by atoms with Crippen LogP contribution in [0.3, 0.4) is 0 Å². The van der Waals surface area contributed by atoms with E-state index < -0.39 is 27.7 Å². The van der Waals surface area contributed by atoms with E-state index in [9.17, 15) is 26.4 Å². The van der Waals surface area contributed by atoms with Crippen LogP contribution in [0.15, 0.2) is 47.4 Å². The predicted molar refractivity (Wildman–Crippen MR) is 114 cm³/mol. The molecule has 0 radical (unpaired) electrons. The Balaban J connectivity index is 1.89. The summed E-state index contributed by atoms with van der Waals surface area (Å²) in [6.45, 7) is 1.80. The third-order valence-electron chi connectivity index (χ3n) is 4.99. The smallest absolute Gasteiger partial charge is 0.416 e. The number of aryl methyl sites for hydroxylation is 2. The summed E-state index contributed by atoms with van der Waals surface area (Å²) in [5.74, 6) is -1.04. The minimum atomic E-state index is -4.58. The van der Waals surface area contributed by atoms with E-state index in [1.807, 2.05) is 0 Å². The van der Waals surface area contributed by atoms with Gasteiger partial charge in [0, 0.05) is 17.5 Å². The van der Waals surface area contributed by atoms with Gasteiger partial charge >= 0.3 is 12.1 Å². The normalized spacial score (nSPS) is 12.6. The van der Waals surface area contributed by atoms with Gasteiger partial charge in [-0.1, -0.05) is 0 Å². The van der Waals surface area contributed by atoms with Crippen LogP contribution in [0.5, 0.6) is 0 Å². The Morgan fingerprint density at radius 3 is 2.59 bits per heavy atom. The SMILES string of the molecule is Cc1nc2ccc(S(=O)(=O)n3c(CCCC(=O)O)cc4cc(C(F)(F)F)ccc43)cc2s1. The van der Waals surface area contributed by atoms with Crippen LogP contribution in [0.1, 0.15) is 29.1 Å². The van der Waals surface area contributed by atoms with Crippen LogP contribution in [0.2, 0.25) is 0 Å². The van der Waals surface area contributed by atoms with Crippen molar-refractivity contribution in [2.24, 2.45) is 0 Å². The molecule has 2 aromatic carbocycles. The number of aliphatic carboxylic acids is 1. The third-order valence-corrected chi connectivity index (χ3v) is 7.68. The summed E-state index contributed by atoms with van der Waals surface area (Å²) >= 11 is 1.33. The van der Waals surface area contributed by atoms with Crippen molar-refractivity contribution < 1.29 is 31.5 Å². The Hall–Kier alpha value is -2.92. The number of alkyl halides is 3. The van der Waals surface area contributed by atoms with Crippen molar-refractivity contribution in [3.05, 3.63) is 58.7 Å². The van der Waals surface area contributed by atoms with E-state index in [-0.39, 0.29) is 40.8 Å². The third kappa shape index (κ3) is 4.09. The summed E-state index contributed by atoms with van der Waals surface area (Å²) in [5.41, 5.74) is 0.0866. The van der Waals surface area contributed by atoms with E-state index in [1.165, 1.54) is 29.5 Å². The number of nitrogens with zero attached hydrogens (tertiary/aromatic N) is 2. The number of fused-ring (bicyclic) bond motifs is 2. The highest BCUT2D eigenvalue weighted by molar-refractivity contribution is 7.90. The molecule has 0 bridgehead atoms. The number of aromatic nitrogens is 2. The first-order valence-electron chi connectivity index (χ1n) is 9.53. The fourth-order valence-corrected chi connectivity index (χ4v) is 6.13. The molecular weight excluding hydrogens is 465 g/mol. The molecule has 0 aliphatic rings. The highest BCUT2D eigenvalue weighted by Crippen LogP contribution is 2.35. The van der Waals surface area contributed by atoms with Gasteiger partial charge < -0.3 is 5.11 Å². The molecule has 4 aromatic rings. The topological polar surface area (TPSA) is 89.3 Å². The zero-order valence-electron chi connectivity index (χ0n) is 16.7. The summed E-state index contributed by atoms with van der Waals surface area (Å²) in [4.78, 5) is 15.2. The van der Waals surface area contributed by atoms with Gasteiger partial charge in [-0.2, -0.15) is 13.2 Å². The zero-order valence-corrected chi connectivity index (χ0v) is 18.3. The molecule has 2 aromatic heterocycles. The Morgan fingerprint density at radius 1 is 1.16 bits per heavy atom. The van der Waals surface area contributed by atoms with Gasteiger partial charge in [0.2, 0.25) is 0 Å². The second kappa shape index (κ2) is 7.89. The van der Waals surface area contributed by atoms with Gasteiger partial charge in [0.25, 0.3) is 10.0 Å². The molecule has 2 heterocycles. The molecule has 0 aliphatic carbocycles. The number of thiazole rings is 1. The second-order valence-corrected chi connectivity index (χ2v) is 10.3. The molecule has 6 nitrogen and oxygen atoms in total. The lowest BCUT2D eigenvalue weighted by Gasteiger charge is -2.13. The number of carboxylic acid groups (broad SMARTS) is 1. The van der Waals surface area contributed by atoms with E-state index in [4.69, 9.17) is 5.11 Å². The van der Waals surface area contributed by atoms with E-state index in [2.05, 4.69) is 4.98 Å². The highest BCUT2D eigenvalue weighted by Gasteiger charge is 2.32. The number of halogens is 3. The lowest BCUT2D eigenvalue weighted by Crippen LogP contribution is -2.16. The van der Waals surface area contributed by atoms with Crippen molar-refractivity contribution in [1.29, 1.82) is 0 Å². The fourth-order valence-electron chi connectivity index (χ4n) is 3.59. The Bertz CT molecular complexity index is 1450. The van der Waals surface area contributed by atoms with Crippen molar-refractivity contribution in [2.75, 3.05) is 0 Å². The van der Waals surface area contributed by atoms with E-state index in [1.54, 1.807) is 13.0 Å². The highest BCUT2D eigenvalue weighted by atomic mass is 32.2. The number of carbonyl (C=O) groups is 1. The van der Waals surface area contributed by atoms with Crippen molar-refractivity contribution in [2.45, 2.75) is 37.3 Å². The van der Waals surface area contributed by atoms with E-state index in [0.29, 0.717) is 10.2 Å². The first-order valence-corrected chi connectivity index (χ1v) is 11.8. The van der Waals surface area contributed by atoms with Gasteiger partial charge in [-0.25, -0.2) is 17.4 Å². The van der Waals surface area contributed by atoms with Gasteiger partial charge in [0.1, 0.15) is 0 Å². The number of hydrogen-bond acceptors (Lipinski definition) is 5. The Labute approximate surface area is 185 Å². The number of hydrogen-bond donors (Lipinski definition) is 1. The Kier molecular flexibility index (Phi) is 5.49. The summed E-state index contributed by atoms with van der Waals surface area (Å²) in [5, 5.41) is 9.80. The molecule has 0 saturated heterocycles. The summed E-state index contributed by atoms with van der Waals surface area (Å²) in [7, 11) is -4.17. The van der Waals surface area contributed by atoms with E-state index in [0.717, 1.165) is 27.2 Å². The molecule has 0 unspecified atom stereocenters. The molecule has 0 saturated carbocycles. The maximum absolute atomic E-state index is 13.6. The molecule has 1 N–H and O–H groups in total. The Morgan fingerprint density at radius 2 is 1.91 bits per heavy atom. The van der Waals surface area contributed by atoms with Gasteiger partial charge in [0.15, 0.2) is 0 Å². The standard InChI is InChI=1S/C21H17F3N2O4S2/c1-12-25-17-7-6-16(11-19(17)31-12)32(29,30)26-15(3-2-4-20(27)28)10-13-9-14(21(22,23)24)5-8-18(13)26/h5-11H,2-4H2,1H3,(H,27,28). The molecule has 0 fully saturated rings. The lowest BCUT2D eigenvalue weighted by molar-refractivity contribution is -0.138. The maximum Gasteiger partial charge on any atom is 0.416 e. The number of rotatable bonds is 6. The van der Waals surface area contributed by atoms with Crippen LogP contribution in [0.4, 0.5) is 13.2 Å². The van der Waals surface area contributed by atoms with Crippen LogP contribution >= 0.6 is 11.3 Å². The maximum atomic E-state index is 13.6. The molecule has 168 valence electrons. The largest absolute Gasteiger partial charge is 0.481 e. The summed E-state index contributed by atoms with van der Waals surface area (Å²) in [6.07, 6.45) is -4.56. The zero-order chi connectivity index (χ0) is 23.3. The van der Waals surface area contributed by atoms with Crippen LogP contribution in [0, 0.1) is 6.92 Å². The van der Waals surface area contributed by atoms with Crippen LogP contribution in [-0.2, 0) is 27.4 Å². The molecule has 11 heteroatoms. The average Bonchev–Trinajstić information content (AvgIpc) is 3.24. The number of carboxylic acids is 1. The number of benzene rings is 2. The summed E-state index contributed by atoms with van der Waals surface area (Å²) in [6, 6.07) is 8.73. The first kappa shape index (κ1) is 22.3. The average molecular weight is 483 g/mol. The minimum absolute atomic E-state index is 0.0227. The monoisotopic (exact) mass is 482 g/mol. The second-order valence-electron chi connectivity index (χ2n) is 7.29. The van der Waals surface area contributed by atoms with Crippen LogP contribution in [0.25, 0.3) is 21.1 Å². The van der Waals surface area contributed by atoms with Gasteiger partial charge in [-0.05, 0) is 62.2 Å². The van der Waals surface area contributed by atoms with E-state index >= 15 is 0 Å². The van der Waals surface area contributed by atoms with Gasteiger partial charge in [-0.3, -0.25) is 4.79 Å².